The zero-order chi connectivity index (χ0) is 18.5. The van der Waals surface area contributed by atoms with Gasteiger partial charge in [0, 0.05) is 16.8 Å². The second-order valence-electron chi connectivity index (χ2n) is 5.80. The van der Waals surface area contributed by atoms with Gasteiger partial charge in [-0.25, -0.2) is 9.78 Å². The third-order valence-electron chi connectivity index (χ3n) is 3.58. The van der Waals surface area contributed by atoms with Crippen LogP contribution in [0.4, 0.5) is 21.3 Å². The zero-order valence-corrected chi connectivity index (χ0v) is 15.2. The van der Waals surface area contributed by atoms with Crippen molar-refractivity contribution in [1.82, 2.24) is 4.98 Å². The Kier molecular flexibility index (Phi) is 5.28. The van der Waals surface area contributed by atoms with E-state index in [-0.39, 0.29) is 11.6 Å². The quantitative estimate of drug-likeness (QED) is 0.628. The fourth-order valence-corrected chi connectivity index (χ4v) is 2.85. The Morgan fingerprint density at radius 3 is 1.92 bits per heavy atom. The van der Waals surface area contributed by atoms with Gasteiger partial charge < -0.3 is 10.6 Å². The highest BCUT2D eigenvalue weighted by atomic mass is 32.1. The van der Waals surface area contributed by atoms with Gasteiger partial charge in [0.2, 0.25) is 0 Å². The van der Waals surface area contributed by atoms with Crippen LogP contribution in [0.3, 0.4) is 0 Å². The van der Waals surface area contributed by atoms with Gasteiger partial charge in [-0.1, -0.05) is 35.4 Å². The van der Waals surface area contributed by atoms with Gasteiger partial charge in [0.05, 0.1) is 0 Å². The molecule has 0 saturated carbocycles. The van der Waals surface area contributed by atoms with E-state index in [9.17, 15) is 9.59 Å². The predicted molar refractivity (Wildman–Crippen MR) is 105 cm³/mol. The van der Waals surface area contributed by atoms with E-state index in [4.69, 9.17) is 0 Å². The largest absolute Gasteiger partial charge is 0.325 e. The number of carbonyl (C=O) groups excluding carboxylic acids is 2. The summed E-state index contributed by atoms with van der Waals surface area (Å²) >= 11 is 1.19. The van der Waals surface area contributed by atoms with Gasteiger partial charge in [-0.3, -0.25) is 10.1 Å². The number of hydrogen-bond donors (Lipinski definition) is 3. The van der Waals surface area contributed by atoms with Crippen LogP contribution in [0.2, 0.25) is 0 Å². The van der Waals surface area contributed by atoms with E-state index in [1.54, 1.807) is 5.38 Å². The number of thiazole rings is 1. The minimum absolute atomic E-state index is 0.251. The zero-order valence-electron chi connectivity index (χ0n) is 14.4. The molecule has 26 heavy (non-hydrogen) atoms. The van der Waals surface area contributed by atoms with Gasteiger partial charge >= 0.3 is 6.03 Å². The summed E-state index contributed by atoms with van der Waals surface area (Å²) in [7, 11) is 0. The monoisotopic (exact) mass is 366 g/mol. The topological polar surface area (TPSA) is 83.1 Å². The third kappa shape index (κ3) is 4.67. The van der Waals surface area contributed by atoms with Gasteiger partial charge in [-0.2, -0.15) is 0 Å². The van der Waals surface area contributed by atoms with Crippen molar-refractivity contribution >= 4 is 39.8 Å². The molecule has 2 aromatic carbocycles. The predicted octanol–water partition coefficient (Wildman–Crippen LogP) is 4.66. The molecule has 0 aliphatic heterocycles. The summed E-state index contributed by atoms with van der Waals surface area (Å²) in [4.78, 5) is 28.4. The van der Waals surface area contributed by atoms with E-state index in [2.05, 4.69) is 20.9 Å². The molecule has 0 unspecified atom stereocenters. The summed E-state index contributed by atoms with van der Waals surface area (Å²) in [6.45, 7) is 3.95. The van der Waals surface area contributed by atoms with Crippen LogP contribution in [0.5, 0.6) is 0 Å². The van der Waals surface area contributed by atoms with Crippen molar-refractivity contribution in [3.63, 3.8) is 0 Å². The Hall–Kier alpha value is -3.19. The summed E-state index contributed by atoms with van der Waals surface area (Å²) < 4.78 is 0. The molecule has 3 rings (SSSR count). The standard InChI is InChI=1S/C19H18N4O2S/c1-12-3-7-14(8-4-12)20-17(24)16-11-26-19(22-16)23-18(25)21-15-9-5-13(2)6-10-15/h3-11H,1-2H3,(H,20,24)(H2,21,22,23,25). The first-order valence-corrected chi connectivity index (χ1v) is 8.86. The molecule has 6 nitrogen and oxygen atoms in total. The number of nitrogens with zero attached hydrogens (tertiary/aromatic N) is 1. The van der Waals surface area contributed by atoms with Crippen LogP contribution < -0.4 is 16.0 Å². The Bertz CT molecular complexity index is 917. The maximum absolute atomic E-state index is 12.2. The molecule has 132 valence electrons. The molecule has 7 heteroatoms. The highest BCUT2D eigenvalue weighted by Gasteiger charge is 2.13. The maximum Gasteiger partial charge on any atom is 0.325 e. The Balaban J connectivity index is 1.58. The SMILES string of the molecule is Cc1ccc(NC(=O)Nc2nc(C(=O)Nc3ccc(C)cc3)cs2)cc1. The lowest BCUT2D eigenvalue weighted by atomic mass is 10.2. The summed E-state index contributed by atoms with van der Waals surface area (Å²) in [5.41, 5.74) is 3.85. The summed E-state index contributed by atoms with van der Waals surface area (Å²) in [5, 5.41) is 10.1. The van der Waals surface area contributed by atoms with Crippen LogP contribution in [0.25, 0.3) is 0 Å². The lowest BCUT2D eigenvalue weighted by Gasteiger charge is -2.05. The second-order valence-corrected chi connectivity index (χ2v) is 6.66. The highest BCUT2D eigenvalue weighted by molar-refractivity contribution is 7.14. The molecular weight excluding hydrogens is 348 g/mol. The van der Waals surface area contributed by atoms with Crippen molar-refractivity contribution in [2.45, 2.75) is 13.8 Å². The fourth-order valence-electron chi connectivity index (χ4n) is 2.16. The molecule has 0 radical (unpaired) electrons. The first kappa shape index (κ1) is 17.6. The Morgan fingerprint density at radius 2 is 1.35 bits per heavy atom. The van der Waals surface area contributed by atoms with Gasteiger partial charge in [0.25, 0.3) is 5.91 Å². The molecule has 1 aromatic heterocycles. The van der Waals surface area contributed by atoms with E-state index in [1.165, 1.54) is 11.3 Å². The van der Waals surface area contributed by atoms with Crippen LogP contribution in [-0.4, -0.2) is 16.9 Å². The number of amides is 3. The fraction of sp³-hybridized carbons (Fsp3) is 0.105. The second kappa shape index (κ2) is 7.79. The molecule has 3 aromatic rings. The molecule has 1 heterocycles. The molecule has 0 bridgehead atoms. The van der Waals surface area contributed by atoms with E-state index < -0.39 is 6.03 Å². The molecule has 3 amide bonds. The molecule has 3 N–H and O–H groups in total. The highest BCUT2D eigenvalue weighted by Crippen LogP contribution is 2.18. The van der Waals surface area contributed by atoms with Gasteiger partial charge in [0.1, 0.15) is 5.69 Å². The number of rotatable bonds is 4. The van der Waals surface area contributed by atoms with Crippen molar-refractivity contribution in [2.24, 2.45) is 0 Å². The number of urea groups is 1. The normalized spacial score (nSPS) is 10.2. The van der Waals surface area contributed by atoms with Crippen molar-refractivity contribution in [2.75, 3.05) is 16.0 Å². The van der Waals surface area contributed by atoms with Crippen molar-refractivity contribution in [1.29, 1.82) is 0 Å². The minimum atomic E-state index is -0.409. The van der Waals surface area contributed by atoms with Crippen molar-refractivity contribution in [3.8, 4) is 0 Å². The molecule has 0 spiro atoms. The number of aromatic nitrogens is 1. The first-order valence-electron chi connectivity index (χ1n) is 7.98. The number of hydrogen-bond acceptors (Lipinski definition) is 4. The van der Waals surface area contributed by atoms with Crippen LogP contribution >= 0.6 is 11.3 Å². The molecule has 0 aliphatic carbocycles. The van der Waals surface area contributed by atoms with Crippen LogP contribution in [0.1, 0.15) is 21.6 Å². The van der Waals surface area contributed by atoms with Crippen molar-refractivity contribution in [3.05, 3.63) is 70.7 Å². The molecule has 0 atom stereocenters. The van der Waals surface area contributed by atoms with Gasteiger partial charge in [-0.05, 0) is 38.1 Å². The van der Waals surface area contributed by atoms with E-state index in [0.29, 0.717) is 16.5 Å². The lowest BCUT2D eigenvalue weighted by Crippen LogP contribution is -2.19. The number of nitrogens with one attached hydrogen (secondary N) is 3. The molecular formula is C19H18N4O2S. The van der Waals surface area contributed by atoms with Crippen LogP contribution in [-0.2, 0) is 0 Å². The Morgan fingerprint density at radius 1 is 0.808 bits per heavy atom. The number of anilines is 3. The van der Waals surface area contributed by atoms with E-state index in [0.717, 1.165) is 11.1 Å². The number of aryl methyl sites for hydroxylation is 2. The summed E-state index contributed by atoms with van der Waals surface area (Å²) in [5.74, 6) is -0.322. The van der Waals surface area contributed by atoms with E-state index in [1.807, 2.05) is 62.4 Å². The minimum Gasteiger partial charge on any atom is -0.321 e. The summed E-state index contributed by atoms with van der Waals surface area (Å²) in [6.07, 6.45) is 0. The lowest BCUT2D eigenvalue weighted by molar-refractivity contribution is 0.102. The third-order valence-corrected chi connectivity index (χ3v) is 4.33. The average Bonchev–Trinajstić information content (AvgIpc) is 3.07. The summed E-state index contributed by atoms with van der Waals surface area (Å²) in [6, 6.07) is 14.5. The average molecular weight is 366 g/mol. The van der Waals surface area contributed by atoms with Gasteiger partial charge in [-0.15, -0.1) is 11.3 Å². The molecule has 0 saturated heterocycles. The number of benzene rings is 2. The molecule has 0 fully saturated rings. The number of carbonyl (C=O) groups is 2. The van der Waals surface area contributed by atoms with Crippen LogP contribution in [0.15, 0.2) is 53.9 Å². The Labute approximate surface area is 155 Å². The van der Waals surface area contributed by atoms with Crippen LogP contribution in [0, 0.1) is 13.8 Å². The van der Waals surface area contributed by atoms with Gasteiger partial charge in [0.15, 0.2) is 5.13 Å². The maximum atomic E-state index is 12.2. The van der Waals surface area contributed by atoms with Crippen molar-refractivity contribution < 1.29 is 9.59 Å². The smallest absolute Gasteiger partial charge is 0.321 e. The van der Waals surface area contributed by atoms with E-state index >= 15 is 0 Å². The molecule has 0 aliphatic rings. The first-order chi connectivity index (χ1) is 12.5.